The average molecular weight is 223 g/mol. The molecule has 0 unspecified atom stereocenters. The van der Waals surface area contributed by atoms with Gasteiger partial charge in [-0.1, -0.05) is 11.6 Å². The summed E-state index contributed by atoms with van der Waals surface area (Å²) in [6.07, 6.45) is 0.540. The van der Waals surface area contributed by atoms with Gasteiger partial charge in [-0.25, -0.2) is 4.98 Å². The number of carbonyl (C=O) groups is 1. The maximum absolute atomic E-state index is 13.0. The second-order valence-electron chi connectivity index (χ2n) is 2.50. The third kappa shape index (κ3) is 2.59. The quantitative estimate of drug-likeness (QED) is 0.846. The van der Waals surface area contributed by atoms with E-state index in [1.54, 1.807) is 0 Å². The van der Waals surface area contributed by atoms with Crippen molar-refractivity contribution < 1.29 is 18.7 Å². The molecule has 7 heteroatoms. The minimum atomic E-state index is -3.55. The van der Waals surface area contributed by atoms with Gasteiger partial charge in [-0.3, -0.25) is 9.78 Å². The van der Waals surface area contributed by atoms with Crippen LogP contribution in [0, 0.1) is 0 Å². The Kier molecular flexibility index (Phi) is 2.95. The van der Waals surface area contributed by atoms with E-state index in [-0.39, 0.29) is 5.15 Å². The van der Waals surface area contributed by atoms with Gasteiger partial charge < -0.3 is 5.11 Å². The van der Waals surface area contributed by atoms with Gasteiger partial charge in [0.15, 0.2) is 0 Å². The highest BCUT2D eigenvalue weighted by Crippen LogP contribution is 2.30. The molecule has 1 N–H and O–H groups in total. The smallest absolute Gasteiger partial charge is 0.309 e. The Morgan fingerprint density at radius 2 is 2.21 bits per heavy atom. The van der Waals surface area contributed by atoms with E-state index in [1.807, 2.05) is 0 Å². The monoisotopic (exact) mass is 222 g/mol. The zero-order valence-corrected chi connectivity index (χ0v) is 7.50. The molecule has 0 aromatic carbocycles. The molecule has 4 nitrogen and oxygen atoms in total. The van der Waals surface area contributed by atoms with E-state index in [0.29, 0.717) is 0 Å². The number of hydrogen-bond donors (Lipinski definition) is 1. The maximum atomic E-state index is 13.0. The predicted octanol–water partition coefficient (Wildman–Crippen LogP) is 1.70. The Morgan fingerprint density at radius 3 is 2.71 bits per heavy atom. The Labute approximate surface area is 82.6 Å². The molecule has 76 valence electrons. The molecule has 0 amide bonds. The number of alkyl halides is 2. The van der Waals surface area contributed by atoms with Crippen molar-refractivity contribution in [3.05, 3.63) is 23.2 Å². The molecule has 0 atom stereocenters. The van der Waals surface area contributed by atoms with Crippen molar-refractivity contribution in [1.29, 1.82) is 0 Å². The molecule has 1 aromatic rings. The molecular formula is C7H5ClF2N2O2. The molecule has 0 aliphatic heterocycles. The summed E-state index contributed by atoms with van der Waals surface area (Å²) >= 11 is 5.33. The first-order valence-electron chi connectivity index (χ1n) is 3.49. The Bertz CT molecular complexity index is 359. The fourth-order valence-corrected chi connectivity index (χ4v) is 0.946. The molecule has 0 aliphatic rings. The molecule has 0 bridgehead atoms. The molecule has 0 spiro atoms. The topological polar surface area (TPSA) is 63.1 Å². The highest BCUT2D eigenvalue weighted by molar-refractivity contribution is 6.29. The van der Waals surface area contributed by atoms with Gasteiger partial charge in [-0.05, 0) is 0 Å². The molecule has 1 aromatic heterocycles. The molecule has 0 radical (unpaired) electrons. The van der Waals surface area contributed by atoms with Gasteiger partial charge in [0, 0.05) is 0 Å². The second-order valence-corrected chi connectivity index (χ2v) is 2.89. The minimum Gasteiger partial charge on any atom is -0.481 e. The normalized spacial score (nSPS) is 11.4. The van der Waals surface area contributed by atoms with Crippen LogP contribution in [0.3, 0.4) is 0 Å². The van der Waals surface area contributed by atoms with Crippen molar-refractivity contribution >= 4 is 17.6 Å². The highest BCUT2D eigenvalue weighted by Gasteiger charge is 2.36. The first kappa shape index (κ1) is 10.8. The first-order valence-corrected chi connectivity index (χ1v) is 3.87. The molecule has 0 aliphatic carbocycles. The van der Waals surface area contributed by atoms with Gasteiger partial charge in [0.25, 0.3) is 0 Å². The Hall–Kier alpha value is -1.30. The number of halogens is 3. The van der Waals surface area contributed by atoms with Crippen molar-refractivity contribution in [3.63, 3.8) is 0 Å². The SMILES string of the molecule is O=C(O)CC(F)(F)c1cncc(Cl)n1. The maximum Gasteiger partial charge on any atom is 0.309 e. The number of nitrogens with zero attached hydrogens (tertiary/aromatic N) is 2. The lowest BCUT2D eigenvalue weighted by atomic mass is 10.2. The fraction of sp³-hybridized carbons (Fsp3) is 0.286. The molecule has 1 rings (SSSR count). The van der Waals surface area contributed by atoms with E-state index in [4.69, 9.17) is 16.7 Å². The van der Waals surface area contributed by atoms with Crippen LogP contribution in [0.5, 0.6) is 0 Å². The number of carboxylic acids is 1. The average Bonchev–Trinajstić information content (AvgIpc) is 2.01. The number of carboxylic acid groups (broad SMARTS) is 1. The van der Waals surface area contributed by atoms with Crippen LogP contribution < -0.4 is 0 Å². The molecule has 1 heterocycles. The number of rotatable bonds is 3. The summed E-state index contributed by atoms with van der Waals surface area (Å²) < 4.78 is 26.1. The number of hydrogen-bond acceptors (Lipinski definition) is 3. The van der Waals surface area contributed by atoms with Crippen LogP contribution in [0.2, 0.25) is 5.15 Å². The summed E-state index contributed by atoms with van der Waals surface area (Å²) in [5, 5.41) is 8.02. The lowest BCUT2D eigenvalue weighted by molar-refractivity contribution is -0.145. The zero-order chi connectivity index (χ0) is 10.8. The van der Waals surface area contributed by atoms with Gasteiger partial charge in [-0.2, -0.15) is 8.78 Å². The summed E-state index contributed by atoms with van der Waals surface area (Å²) in [4.78, 5) is 16.8. The minimum absolute atomic E-state index is 0.201. The van der Waals surface area contributed by atoms with E-state index < -0.39 is 24.0 Å². The first-order chi connectivity index (χ1) is 6.42. The summed E-state index contributed by atoms with van der Waals surface area (Å²) in [6.45, 7) is 0. The molecular weight excluding hydrogens is 218 g/mol. The zero-order valence-electron chi connectivity index (χ0n) is 6.75. The van der Waals surface area contributed by atoms with Crippen LogP contribution in [-0.4, -0.2) is 21.0 Å². The summed E-state index contributed by atoms with van der Waals surface area (Å²) in [5.74, 6) is -5.17. The fourth-order valence-electron chi connectivity index (χ4n) is 0.799. The van der Waals surface area contributed by atoms with Gasteiger partial charge in [0.05, 0.1) is 12.4 Å². The van der Waals surface area contributed by atoms with Crippen LogP contribution >= 0.6 is 11.6 Å². The van der Waals surface area contributed by atoms with E-state index in [9.17, 15) is 13.6 Å². The lowest BCUT2D eigenvalue weighted by Gasteiger charge is -2.12. The van der Waals surface area contributed by atoms with Crippen molar-refractivity contribution in [2.75, 3.05) is 0 Å². The van der Waals surface area contributed by atoms with Gasteiger partial charge in [0.1, 0.15) is 17.3 Å². The van der Waals surface area contributed by atoms with Gasteiger partial charge in [-0.15, -0.1) is 0 Å². The predicted molar refractivity (Wildman–Crippen MR) is 43.2 cm³/mol. The molecule has 0 saturated heterocycles. The summed E-state index contributed by atoms with van der Waals surface area (Å²) in [5.41, 5.74) is -0.743. The van der Waals surface area contributed by atoms with E-state index in [2.05, 4.69) is 9.97 Å². The van der Waals surface area contributed by atoms with Gasteiger partial charge >= 0.3 is 11.9 Å². The third-order valence-electron chi connectivity index (χ3n) is 1.35. The third-order valence-corrected chi connectivity index (χ3v) is 1.54. The standard InChI is InChI=1S/C7H5ClF2N2O2/c8-5-3-11-2-4(12-5)7(9,10)1-6(13)14/h2-3H,1H2,(H,13,14). The Balaban J connectivity index is 2.97. The second kappa shape index (κ2) is 3.83. The van der Waals surface area contributed by atoms with Crippen LogP contribution in [0.25, 0.3) is 0 Å². The van der Waals surface area contributed by atoms with Crippen molar-refractivity contribution in [2.24, 2.45) is 0 Å². The number of aromatic nitrogens is 2. The number of aliphatic carboxylic acids is 1. The highest BCUT2D eigenvalue weighted by atomic mass is 35.5. The lowest BCUT2D eigenvalue weighted by Crippen LogP contribution is -2.20. The molecule has 0 saturated carbocycles. The van der Waals surface area contributed by atoms with Gasteiger partial charge in [0.2, 0.25) is 0 Å². The largest absolute Gasteiger partial charge is 0.481 e. The molecule has 0 fully saturated rings. The van der Waals surface area contributed by atoms with E-state index in [1.165, 1.54) is 0 Å². The molecule has 14 heavy (non-hydrogen) atoms. The van der Waals surface area contributed by atoms with Crippen molar-refractivity contribution in [1.82, 2.24) is 9.97 Å². The van der Waals surface area contributed by atoms with Crippen LogP contribution in [0.4, 0.5) is 8.78 Å². The van der Waals surface area contributed by atoms with Crippen LogP contribution in [0.15, 0.2) is 12.4 Å². The van der Waals surface area contributed by atoms with Crippen molar-refractivity contribution in [2.45, 2.75) is 12.3 Å². The van der Waals surface area contributed by atoms with E-state index >= 15 is 0 Å². The Morgan fingerprint density at radius 1 is 1.57 bits per heavy atom. The van der Waals surface area contributed by atoms with Crippen molar-refractivity contribution in [3.8, 4) is 0 Å². The van der Waals surface area contributed by atoms with Crippen LogP contribution in [0.1, 0.15) is 12.1 Å². The summed E-state index contributed by atoms with van der Waals surface area (Å²) in [7, 11) is 0. The van der Waals surface area contributed by atoms with Crippen LogP contribution in [-0.2, 0) is 10.7 Å². The van der Waals surface area contributed by atoms with E-state index in [0.717, 1.165) is 12.4 Å². The summed E-state index contributed by atoms with van der Waals surface area (Å²) in [6, 6.07) is 0.